The third-order valence-corrected chi connectivity index (χ3v) is 4.22. The predicted molar refractivity (Wildman–Crippen MR) is 85.6 cm³/mol. The minimum absolute atomic E-state index is 0.775. The number of aliphatic imine (C=N–C) groups is 1. The second-order valence-electron chi connectivity index (χ2n) is 5.96. The third-order valence-electron chi connectivity index (χ3n) is 4.22. The smallest absolute Gasteiger partial charge is 0.193 e. The molecule has 5 heteroatoms. The molecule has 2 heterocycles. The first-order valence-corrected chi connectivity index (χ1v) is 8.06. The van der Waals surface area contributed by atoms with Gasteiger partial charge in [0, 0.05) is 31.7 Å². The molecule has 0 bridgehead atoms. The number of nitrogens with one attached hydrogen (secondary N) is 1. The average molecular weight is 292 g/mol. The number of aryl methyl sites for hydroxylation is 2. The molecule has 5 nitrogen and oxygen atoms in total. The SMILES string of the molecule is CCNC(=NCCc1c(C)noc1C)N1CCC(C)CC1. The van der Waals surface area contributed by atoms with Crippen LogP contribution in [0.15, 0.2) is 9.52 Å². The number of likely N-dealkylation sites (tertiary alicyclic amines) is 1. The fourth-order valence-corrected chi connectivity index (χ4v) is 2.78. The van der Waals surface area contributed by atoms with Crippen LogP contribution in [0.5, 0.6) is 0 Å². The molecule has 1 N–H and O–H groups in total. The summed E-state index contributed by atoms with van der Waals surface area (Å²) in [6.07, 6.45) is 3.41. The van der Waals surface area contributed by atoms with Crippen LogP contribution < -0.4 is 5.32 Å². The second kappa shape index (κ2) is 7.48. The van der Waals surface area contributed by atoms with Gasteiger partial charge in [0.05, 0.1) is 5.69 Å². The Morgan fingerprint density at radius 1 is 1.38 bits per heavy atom. The first-order chi connectivity index (χ1) is 10.1. The summed E-state index contributed by atoms with van der Waals surface area (Å²) in [5.41, 5.74) is 2.18. The number of hydrogen-bond donors (Lipinski definition) is 1. The van der Waals surface area contributed by atoms with Gasteiger partial charge in [-0.3, -0.25) is 4.99 Å². The highest BCUT2D eigenvalue weighted by Gasteiger charge is 2.18. The normalized spacial score (nSPS) is 17.3. The van der Waals surface area contributed by atoms with E-state index in [1.165, 1.54) is 18.4 Å². The molecule has 1 aromatic rings. The molecule has 0 aromatic carbocycles. The molecular formula is C16H28N4O. The van der Waals surface area contributed by atoms with Crippen molar-refractivity contribution in [3.63, 3.8) is 0 Å². The van der Waals surface area contributed by atoms with Crippen LogP contribution in [-0.2, 0) is 6.42 Å². The van der Waals surface area contributed by atoms with E-state index in [0.29, 0.717) is 0 Å². The zero-order valence-electron chi connectivity index (χ0n) is 13.8. The summed E-state index contributed by atoms with van der Waals surface area (Å²) in [6.45, 7) is 12.3. The van der Waals surface area contributed by atoms with Gasteiger partial charge in [0.2, 0.25) is 0 Å². The number of rotatable bonds is 4. The lowest BCUT2D eigenvalue weighted by molar-refractivity contribution is 0.273. The lowest BCUT2D eigenvalue weighted by Gasteiger charge is -2.33. The highest BCUT2D eigenvalue weighted by Crippen LogP contribution is 2.16. The fraction of sp³-hybridized carbons (Fsp3) is 0.750. The summed E-state index contributed by atoms with van der Waals surface area (Å²) in [5.74, 6) is 2.81. The summed E-state index contributed by atoms with van der Waals surface area (Å²) >= 11 is 0. The van der Waals surface area contributed by atoms with Gasteiger partial charge in [-0.05, 0) is 46.0 Å². The van der Waals surface area contributed by atoms with Crippen LogP contribution in [0, 0.1) is 19.8 Å². The van der Waals surface area contributed by atoms with E-state index in [4.69, 9.17) is 9.52 Å². The van der Waals surface area contributed by atoms with Crippen LogP contribution in [0.2, 0.25) is 0 Å². The quantitative estimate of drug-likeness (QED) is 0.684. The molecule has 0 saturated carbocycles. The molecule has 0 atom stereocenters. The maximum atomic E-state index is 5.20. The zero-order valence-corrected chi connectivity index (χ0v) is 13.8. The molecule has 0 radical (unpaired) electrons. The molecule has 1 aromatic heterocycles. The van der Waals surface area contributed by atoms with Gasteiger partial charge in [-0.1, -0.05) is 12.1 Å². The summed E-state index contributed by atoms with van der Waals surface area (Å²) < 4.78 is 5.20. The van der Waals surface area contributed by atoms with E-state index in [1.54, 1.807) is 0 Å². The largest absolute Gasteiger partial charge is 0.361 e. The lowest BCUT2D eigenvalue weighted by atomic mass is 10.00. The molecule has 21 heavy (non-hydrogen) atoms. The van der Waals surface area contributed by atoms with Crippen molar-refractivity contribution in [3.05, 3.63) is 17.0 Å². The zero-order chi connectivity index (χ0) is 15.2. The second-order valence-corrected chi connectivity index (χ2v) is 5.96. The minimum atomic E-state index is 0.775. The Kier molecular flexibility index (Phi) is 5.65. The molecule has 118 valence electrons. The van der Waals surface area contributed by atoms with Gasteiger partial charge < -0.3 is 14.7 Å². The van der Waals surface area contributed by atoms with Gasteiger partial charge >= 0.3 is 0 Å². The molecule has 0 amide bonds. The Morgan fingerprint density at radius 2 is 2.10 bits per heavy atom. The minimum Gasteiger partial charge on any atom is -0.361 e. The number of aromatic nitrogens is 1. The highest BCUT2D eigenvalue weighted by atomic mass is 16.5. The first-order valence-electron chi connectivity index (χ1n) is 8.06. The van der Waals surface area contributed by atoms with Crippen molar-refractivity contribution < 1.29 is 4.52 Å². The van der Waals surface area contributed by atoms with Gasteiger partial charge in [0.1, 0.15) is 5.76 Å². The van der Waals surface area contributed by atoms with Gasteiger partial charge in [0.25, 0.3) is 0 Å². The predicted octanol–water partition coefficient (Wildman–Crippen LogP) is 2.53. The van der Waals surface area contributed by atoms with E-state index in [1.807, 2.05) is 13.8 Å². The monoisotopic (exact) mass is 292 g/mol. The van der Waals surface area contributed by atoms with Gasteiger partial charge in [-0.25, -0.2) is 0 Å². The maximum absolute atomic E-state index is 5.20. The van der Waals surface area contributed by atoms with Crippen LogP contribution in [0.3, 0.4) is 0 Å². The van der Waals surface area contributed by atoms with Crippen molar-refractivity contribution in [1.29, 1.82) is 0 Å². The Bertz CT molecular complexity index is 453. The molecule has 0 unspecified atom stereocenters. The van der Waals surface area contributed by atoms with Crippen LogP contribution in [0.1, 0.15) is 43.7 Å². The summed E-state index contributed by atoms with van der Waals surface area (Å²) in [4.78, 5) is 7.17. The van der Waals surface area contributed by atoms with E-state index in [2.05, 4.69) is 29.2 Å². The molecule has 1 fully saturated rings. The topological polar surface area (TPSA) is 53.7 Å². The maximum Gasteiger partial charge on any atom is 0.193 e. The number of piperidine rings is 1. The van der Waals surface area contributed by atoms with Crippen molar-refractivity contribution in [2.75, 3.05) is 26.2 Å². The molecule has 2 rings (SSSR count). The van der Waals surface area contributed by atoms with Crippen molar-refractivity contribution >= 4 is 5.96 Å². The first kappa shape index (κ1) is 15.9. The molecular weight excluding hydrogens is 264 g/mol. The average Bonchev–Trinajstić information content (AvgIpc) is 2.79. The van der Waals surface area contributed by atoms with Gasteiger partial charge in [-0.15, -0.1) is 0 Å². The molecule has 0 spiro atoms. The van der Waals surface area contributed by atoms with E-state index in [9.17, 15) is 0 Å². The number of guanidine groups is 1. The lowest BCUT2D eigenvalue weighted by Crippen LogP contribution is -2.45. The molecule has 1 saturated heterocycles. The van der Waals surface area contributed by atoms with Gasteiger partial charge in [-0.2, -0.15) is 0 Å². The van der Waals surface area contributed by atoms with E-state index in [0.717, 1.165) is 55.9 Å². The summed E-state index contributed by atoms with van der Waals surface area (Å²) in [7, 11) is 0. The molecule has 1 aliphatic heterocycles. The number of hydrogen-bond acceptors (Lipinski definition) is 3. The Hall–Kier alpha value is -1.52. The third kappa shape index (κ3) is 4.22. The van der Waals surface area contributed by atoms with Crippen LogP contribution in [-0.4, -0.2) is 42.2 Å². The van der Waals surface area contributed by atoms with E-state index >= 15 is 0 Å². The fourth-order valence-electron chi connectivity index (χ4n) is 2.78. The Morgan fingerprint density at radius 3 is 2.67 bits per heavy atom. The van der Waals surface area contributed by atoms with Crippen LogP contribution >= 0.6 is 0 Å². The Labute approximate surface area is 127 Å². The summed E-state index contributed by atoms with van der Waals surface area (Å²) in [6, 6.07) is 0. The molecule has 0 aliphatic carbocycles. The van der Waals surface area contributed by atoms with E-state index < -0.39 is 0 Å². The van der Waals surface area contributed by atoms with Crippen LogP contribution in [0.4, 0.5) is 0 Å². The van der Waals surface area contributed by atoms with Gasteiger partial charge in [0.15, 0.2) is 5.96 Å². The standard InChI is InChI=1S/C16H28N4O/c1-5-17-16(20-10-7-12(2)8-11-20)18-9-6-15-13(3)19-21-14(15)4/h12H,5-11H2,1-4H3,(H,17,18). The van der Waals surface area contributed by atoms with Crippen molar-refractivity contribution in [3.8, 4) is 0 Å². The molecule has 1 aliphatic rings. The highest BCUT2D eigenvalue weighted by molar-refractivity contribution is 5.80. The van der Waals surface area contributed by atoms with Crippen molar-refractivity contribution in [2.24, 2.45) is 10.9 Å². The Balaban J connectivity index is 1.94. The summed E-state index contributed by atoms with van der Waals surface area (Å²) in [5, 5.41) is 7.41. The van der Waals surface area contributed by atoms with Crippen molar-refractivity contribution in [2.45, 2.75) is 47.0 Å². The van der Waals surface area contributed by atoms with Crippen molar-refractivity contribution in [1.82, 2.24) is 15.4 Å². The van der Waals surface area contributed by atoms with Crippen LogP contribution in [0.25, 0.3) is 0 Å². The van der Waals surface area contributed by atoms with E-state index in [-0.39, 0.29) is 0 Å². The number of nitrogens with zero attached hydrogens (tertiary/aromatic N) is 3.